The lowest BCUT2D eigenvalue weighted by Crippen LogP contribution is -2.37. The van der Waals surface area contributed by atoms with Crippen LogP contribution in [0.4, 0.5) is 0 Å². The molecule has 0 fully saturated rings. The second-order valence-electron chi connectivity index (χ2n) is 5.64. The fourth-order valence-electron chi connectivity index (χ4n) is 2.66. The molecule has 1 N–H and O–H groups in total. The van der Waals surface area contributed by atoms with Crippen LogP contribution in [-0.2, 0) is 11.3 Å². The van der Waals surface area contributed by atoms with E-state index in [1.165, 1.54) is 10.9 Å². The van der Waals surface area contributed by atoms with Crippen LogP contribution in [0.5, 0.6) is 0 Å². The van der Waals surface area contributed by atoms with E-state index < -0.39 is 6.04 Å². The van der Waals surface area contributed by atoms with Crippen molar-refractivity contribution in [1.82, 2.24) is 20.0 Å². The summed E-state index contributed by atoms with van der Waals surface area (Å²) in [4.78, 5) is 29.3. The highest BCUT2D eigenvalue weighted by Crippen LogP contribution is 2.16. The van der Waals surface area contributed by atoms with Gasteiger partial charge in [-0.25, -0.2) is 4.98 Å². The second-order valence-corrected chi connectivity index (χ2v) is 6.05. The highest BCUT2D eigenvalue weighted by Gasteiger charge is 2.22. The number of nitrogens with one attached hydrogen (secondary N) is 1. The van der Waals surface area contributed by atoms with E-state index in [1.807, 2.05) is 25.1 Å². The highest BCUT2D eigenvalue weighted by atomic mass is 35.5. The third-order valence-corrected chi connectivity index (χ3v) is 4.40. The van der Waals surface area contributed by atoms with E-state index >= 15 is 0 Å². The maximum Gasteiger partial charge on any atom is 0.267 e. The Balaban J connectivity index is 1.86. The van der Waals surface area contributed by atoms with E-state index in [4.69, 9.17) is 16.1 Å². The molecule has 3 rings (SSSR count). The molecule has 25 heavy (non-hydrogen) atoms. The van der Waals surface area contributed by atoms with Crippen LogP contribution in [0.25, 0.3) is 11.1 Å². The van der Waals surface area contributed by atoms with Gasteiger partial charge in [0.25, 0.3) is 11.3 Å². The molecule has 130 valence electrons. The average molecular weight is 361 g/mol. The number of hydrogen-bond donors (Lipinski definition) is 1. The van der Waals surface area contributed by atoms with Gasteiger partial charge >= 0.3 is 0 Å². The quantitative estimate of drug-likeness (QED) is 0.755. The fraction of sp³-hybridized carbons (Fsp3) is 0.294. The summed E-state index contributed by atoms with van der Waals surface area (Å²) in [7, 11) is 0. The van der Waals surface area contributed by atoms with E-state index in [0.717, 1.165) is 5.56 Å². The zero-order valence-corrected chi connectivity index (χ0v) is 14.6. The van der Waals surface area contributed by atoms with Crippen molar-refractivity contribution < 1.29 is 9.32 Å². The van der Waals surface area contributed by atoms with Gasteiger partial charge in [0.15, 0.2) is 0 Å². The number of aromatic nitrogens is 3. The zero-order valence-electron chi connectivity index (χ0n) is 13.8. The number of hydrogen-bond acceptors (Lipinski definition) is 5. The molecule has 8 heteroatoms. The van der Waals surface area contributed by atoms with Crippen molar-refractivity contribution in [1.29, 1.82) is 0 Å². The lowest BCUT2D eigenvalue weighted by atomic mass is 10.1. The normalized spacial score (nSPS) is 12.3. The van der Waals surface area contributed by atoms with Gasteiger partial charge < -0.3 is 9.84 Å². The Bertz CT molecular complexity index is 979. The Hall–Kier alpha value is -2.67. The standard InChI is InChI=1S/C17H17ClN4O3/c1-3-13(15(23)19-8-11-6-4-5-7-12(11)18)22-9-20-16-14(17(22)24)10(2)21-25-16/h4-7,9,13H,3,8H2,1-2H3,(H,19,23). The lowest BCUT2D eigenvalue weighted by molar-refractivity contribution is -0.124. The van der Waals surface area contributed by atoms with Gasteiger partial charge in [-0.05, 0) is 25.0 Å². The minimum Gasteiger partial charge on any atom is -0.350 e. The third-order valence-electron chi connectivity index (χ3n) is 4.03. The Labute approximate surface area is 148 Å². The number of fused-ring (bicyclic) bond motifs is 1. The molecule has 1 aromatic carbocycles. The number of carbonyl (C=O) groups is 1. The van der Waals surface area contributed by atoms with Crippen molar-refractivity contribution in [2.45, 2.75) is 32.9 Å². The summed E-state index contributed by atoms with van der Waals surface area (Å²) in [5.74, 6) is -0.278. The van der Waals surface area contributed by atoms with E-state index in [0.29, 0.717) is 22.5 Å². The number of carbonyl (C=O) groups excluding carboxylic acids is 1. The van der Waals surface area contributed by atoms with Crippen molar-refractivity contribution in [3.8, 4) is 0 Å². The SMILES string of the molecule is CCC(C(=O)NCc1ccccc1Cl)n1cnc2onc(C)c2c1=O. The Kier molecular flexibility index (Phi) is 4.85. The predicted molar refractivity (Wildman–Crippen MR) is 93.4 cm³/mol. The molecule has 0 spiro atoms. The minimum absolute atomic E-state index is 0.171. The molecule has 0 saturated carbocycles. The summed E-state index contributed by atoms with van der Waals surface area (Å²) >= 11 is 6.10. The Morgan fingerprint density at radius 3 is 2.88 bits per heavy atom. The number of amides is 1. The third kappa shape index (κ3) is 3.28. The average Bonchev–Trinajstić information content (AvgIpc) is 2.98. The molecule has 1 amide bonds. The fourth-order valence-corrected chi connectivity index (χ4v) is 2.86. The summed E-state index contributed by atoms with van der Waals surface area (Å²) in [6, 6.07) is 6.59. The van der Waals surface area contributed by atoms with Gasteiger partial charge in [-0.3, -0.25) is 14.2 Å². The number of benzene rings is 1. The summed E-state index contributed by atoms with van der Waals surface area (Å²) in [5.41, 5.74) is 1.09. The lowest BCUT2D eigenvalue weighted by Gasteiger charge is -2.17. The van der Waals surface area contributed by atoms with Crippen molar-refractivity contribution in [2.75, 3.05) is 0 Å². The molecule has 0 radical (unpaired) electrons. The van der Waals surface area contributed by atoms with Gasteiger partial charge in [-0.2, -0.15) is 0 Å². The largest absolute Gasteiger partial charge is 0.350 e. The van der Waals surface area contributed by atoms with E-state index in [-0.39, 0.29) is 23.7 Å². The van der Waals surface area contributed by atoms with E-state index in [2.05, 4.69) is 15.5 Å². The van der Waals surface area contributed by atoms with Crippen molar-refractivity contribution in [3.05, 3.63) is 57.2 Å². The highest BCUT2D eigenvalue weighted by molar-refractivity contribution is 6.31. The number of aryl methyl sites for hydroxylation is 1. The Morgan fingerprint density at radius 2 is 2.16 bits per heavy atom. The van der Waals surface area contributed by atoms with Crippen LogP contribution in [0.3, 0.4) is 0 Å². The maximum atomic E-state index is 12.7. The molecular formula is C17H17ClN4O3. The zero-order chi connectivity index (χ0) is 18.0. The van der Waals surface area contributed by atoms with Crippen LogP contribution in [0.1, 0.15) is 30.6 Å². The van der Waals surface area contributed by atoms with Gasteiger partial charge in [0.05, 0.1) is 5.69 Å². The molecule has 0 aliphatic carbocycles. The van der Waals surface area contributed by atoms with Crippen LogP contribution in [0.15, 0.2) is 39.9 Å². The first kappa shape index (κ1) is 17.2. The van der Waals surface area contributed by atoms with E-state index in [9.17, 15) is 9.59 Å². The van der Waals surface area contributed by atoms with Gasteiger partial charge in [0, 0.05) is 11.6 Å². The molecular weight excluding hydrogens is 344 g/mol. The topological polar surface area (TPSA) is 90.0 Å². The summed E-state index contributed by atoms with van der Waals surface area (Å²) in [5, 5.41) is 7.44. The van der Waals surface area contributed by atoms with Crippen molar-refractivity contribution in [3.63, 3.8) is 0 Å². The molecule has 0 bridgehead atoms. The molecule has 2 aromatic heterocycles. The maximum absolute atomic E-state index is 12.7. The summed E-state index contributed by atoms with van der Waals surface area (Å²) in [6.07, 6.45) is 1.75. The molecule has 2 heterocycles. The van der Waals surface area contributed by atoms with Crippen molar-refractivity contribution >= 4 is 28.6 Å². The van der Waals surface area contributed by atoms with Crippen LogP contribution < -0.4 is 10.9 Å². The van der Waals surface area contributed by atoms with Gasteiger partial charge in [-0.1, -0.05) is 41.9 Å². The first-order chi connectivity index (χ1) is 12.0. The molecule has 3 aromatic rings. The van der Waals surface area contributed by atoms with Gasteiger partial charge in [-0.15, -0.1) is 0 Å². The van der Waals surface area contributed by atoms with E-state index in [1.54, 1.807) is 13.0 Å². The minimum atomic E-state index is -0.679. The molecule has 0 saturated heterocycles. The monoisotopic (exact) mass is 360 g/mol. The smallest absolute Gasteiger partial charge is 0.267 e. The molecule has 1 unspecified atom stereocenters. The van der Waals surface area contributed by atoms with Crippen molar-refractivity contribution in [2.24, 2.45) is 0 Å². The summed E-state index contributed by atoms with van der Waals surface area (Å²) in [6.45, 7) is 3.78. The van der Waals surface area contributed by atoms with Gasteiger partial charge in [0.1, 0.15) is 17.8 Å². The van der Waals surface area contributed by atoms with Crippen LogP contribution >= 0.6 is 11.6 Å². The number of nitrogens with zero attached hydrogens (tertiary/aromatic N) is 3. The molecule has 1 atom stereocenters. The molecule has 0 aliphatic rings. The van der Waals surface area contributed by atoms with Crippen LogP contribution in [0.2, 0.25) is 5.02 Å². The first-order valence-electron chi connectivity index (χ1n) is 7.87. The first-order valence-corrected chi connectivity index (χ1v) is 8.25. The van der Waals surface area contributed by atoms with Crippen LogP contribution in [0, 0.1) is 6.92 Å². The van der Waals surface area contributed by atoms with Crippen LogP contribution in [-0.4, -0.2) is 20.6 Å². The molecule has 7 nitrogen and oxygen atoms in total. The van der Waals surface area contributed by atoms with Gasteiger partial charge in [0.2, 0.25) is 5.91 Å². The predicted octanol–water partition coefficient (Wildman–Crippen LogP) is 2.61. The Morgan fingerprint density at radius 1 is 1.40 bits per heavy atom. The number of halogens is 1. The summed E-state index contributed by atoms with van der Waals surface area (Å²) < 4.78 is 6.30. The number of rotatable bonds is 5. The second kappa shape index (κ2) is 7.06. The molecule has 0 aliphatic heterocycles.